The SMILES string of the molecule is CSCC[C@H](NC(=O)[C@H](CCC(N)=O)NC(=O)[C@H](CS)NC(=O)c1ccccc1-c1c2ccc(=O)cc-2oc2cc(O)ccc12)C(=O)N1CCC[C@H]1C(=O)N[C@@H](Cc1ccc(O)cc1)C(=O)N[C@@H](Cc1ccc(O)cc1)C(=O)N[C@H](C(=O)N[C@@H](CC(N)=O)C(=O)N[C@H](C(=O)N[C@@H](CS)C(=O)O)[C@@H](C)O)[C@@H](C)O. The van der Waals surface area contributed by atoms with Gasteiger partial charge < -0.3 is 99.3 Å². The van der Waals surface area contributed by atoms with Gasteiger partial charge in [0, 0.05) is 71.5 Å². The second-order valence-electron chi connectivity index (χ2n) is 25.3. The molecule has 12 amide bonds. The van der Waals surface area contributed by atoms with E-state index in [4.69, 9.17) is 15.9 Å². The number of fused-ring (bicyclic) bond motifs is 2. The van der Waals surface area contributed by atoms with Gasteiger partial charge in [0.1, 0.15) is 89.0 Å². The Morgan fingerprint density at radius 3 is 1.64 bits per heavy atom. The summed E-state index contributed by atoms with van der Waals surface area (Å²) in [6.07, 6.45) is -4.15. The number of aliphatic hydroxyl groups excluding tert-OH is 2. The van der Waals surface area contributed by atoms with Crippen LogP contribution in [-0.4, -0.2) is 215 Å². The third-order valence-electron chi connectivity index (χ3n) is 17.3. The molecule has 107 heavy (non-hydrogen) atoms. The Morgan fingerprint density at radius 1 is 0.561 bits per heavy atom. The number of aliphatic carboxylic acids is 1. The lowest BCUT2D eigenvalue weighted by molar-refractivity contribution is -0.142. The van der Waals surface area contributed by atoms with Gasteiger partial charge in [0.15, 0.2) is 5.43 Å². The van der Waals surface area contributed by atoms with Crippen LogP contribution in [0.5, 0.6) is 17.2 Å². The number of hydrogen-bond acceptors (Lipinski definition) is 23. The summed E-state index contributed by atoms with van der Waals surface area (Å²) in [6.45, 7) is 2.07. The number of amides is 12. The zero-order valence-corrected chi connectivity index (χ0v) is 60.6. The van der Waals surface area contributed by atoms with Crippen molar-refractivity contribution in [2.24, 2.45) is 11.5 Å². The van der Waals surface area contributed by atoms with E-state index in [1.807, 2.05) is 0 Å². The van der Waals surface area contributed by atoms with Crippen LogP contribution in [0.3, 0.4) is 0 Å². The molecule has 0 bridgehead atoms. The summed E-state index contributed by atoms with van der Waals surface area (Å²) in [5, 5.41) is 83.9. The third-order valence-corrected chi connectivity index (χ3v) is 18.7. The lowest BCUT2D eigenvalue weighted by Gasteiger charge is -2.31. The number of hydrogen-bond donors (Lipinski definition) is 19. The number of aromatic hydroxyl groups is 3. The number of thioether (sulfide) groups is 1. The van der Waals surface area contributed by atoms with Crippen molar-refractivity contribution in [3.05, 3.63) is 136 Å². The highest BCUT2D eigenvalue weighted by molar-refractivity contribution is 7.98. The average Bonchev–Trinajstić information content (AvgIpc) is 0.834. The number of primary amides is 2. The monoisotopic (exact) mass is 1540 g/mol. The number of thiol groups is 2. The zero-order chi connectivity index (χ0) is 78.5. The van der Waals surface area contributed by atoms with Crippen molar-refractivity contribution in [1.29, 1.82) is 0 Å². The Labute approximate surface area is 627 Å². The van der Waals surface area contributed by atoms with E-state index in [9.17, 15) is 97.8 Å². The van der Waals surface area contributed by atoms with Crippen molar-refractivity contribution in [2.45, 2.75) is 138 Å². The highest BCUT2D eigenvalue weighted by Crippen LogP contribution is 2.42. The molecule has 1 aliphatic carbocycles. The average molecular weight is 1540 g/mol. The molecule has 36 heteroatoms. The summed E-state index contributed by atoms with van der Waals surface area (Å²) < 4.78 is 5.99. The van der Waals surface area contributed by atoms with Crippen molar-refractivity contribution in [3.63, 3.8) is 0 Å². The molecule has 3 aliphatic rings. The molecule has 4 aromatic rings. The quantitative estimate of drug-likeness (QED) is 0.0160. The van der Waals surface area contributed by atoms with Crippen LogP contribution in [0, 0.1) is 0 Å². The Balaban J connectivity index is 1.10. The molecule has 0 radical (unpaired) electrons. The lowest BCUT2D eigenvalue weighted by atomic mass is 9.90. The van der Waals surface area contributed by atoms with Crippen LogP contribution in [0.25, 0.3) is 33.4 Å². The molecule has 1 saturated heterocycles. The van der Waals surface area contributed by atoms with Gasteiger partial charge in [-0.15, -0.1) is 0 Å². The minimum absolute atomic E-state index is 0.0187. The number of nitrogens with one attached hydrogen (secondary N) is 9. The van der Waals surface area contributed by atoms with Crippen LogP contribution < -0.4 is 64.7 Å². The predicted octanol–water partition coefficient (Wildman–Crippen LogP) is -1.27. The summed E-state index contributed by atoms with van der Waals surface area (Å²) >= 11 is 9.55. The maximum Gasteiger partial charge on any atom is 0.327 e. The predicted molar refractivity (Wildman–Crippen MR) is 395 cm³/mol. The van der Waals surface area contributed by atoms with Crippen LogP contribution >= 0.6 is 37.0 Å². The Kier molecular flexibility index (Phi) is 30.3. The minimum Gasteiger partial charge on any atom is -0.508 e. The second-order valence-corrected chi connectivity index (χ2v) is 27.0. The maximum absolute atomic E-state index is 14.9. The smallest absolute Gasteiger partial charge is 0.327 e. The molecule has 2 heterocycles. The van der Waals surface area contributed by atoms with Crippen LogP contribution in [0.2, 0.25) is 0 Å². The van der Waals surface area contributed by atoms with E-state index < -0.39 is 181 Å². The van der Waals surface area contributed by atoms with Crippen molar-refractivity contribution in [1.82, 2.24) is 52.8 Å². The number of carboxylic acids is 1. The first-order valence-corrected chi connectivity index (χ1v) is 36.2. The first-order chi connectivity index (χ1) is 50.8. The number of carboxylic acid groups (broad SMARTS) is 1. The Hall–Kier alpha value is -10.9. The van der Waals surface area contributed by atoms with E-state index in [-0.39, 0.29) is 83.3 Å². The number of phenols is 3. The maximum atomic E-state index is 14.9. The van der Waals surface area contributed by atoms with Crippen molar-refractivity contribution < 1.29 is 97.4 Å². The number of benzene rings is 5. The second kappa shape index (κ2) is 38.9. The summed E-state index contributed by atoms with van der Waals surface area (Å²) in [7, 11) is 0. The number of nitrogens with zero attached hydrogens (tertiary/aromatic N) is 1. The standard InChI is InChI=1S/C71H84N12O21S3/c1-34(84)59(68(99)78-50(31-57(73)91)65(96)82-60(35(2)85)69(100)80-52(33-106)71(102)103)81-64(95)49(28-37-12-16-39(87)17-13-37)76-63(94)48(27-36-10-14-38(86)15-11-36)77-67(98)53-9-6-25-83(53)70(101)47(24-26-107-3)75-62(93)46(22-23-56(72)90)74-66(97)51(32-105)79-61(92)43-8-5-4-7-42(43)58-44-20-18-40(88)29-54(44)104-55-30-41(89)19-21-45(55)58/h4-5,7-8,10-21,29-30,34-35,46-53,59-60,84-88,105-106H,6,9,22-28,31-33H2,1-3H3,(H2,72,90)(H2,73,91)(H,74,97)(H,75,93)(H,76,94)(H,77,98)(H,78,99)(H,79,92)(H,80,100)(H,81,95)(H,82,96)(H,102,103)/t34-,35-,46+,47+,48+,49+,50+,51+,52+,53+,59+,60+/m1/s1. The number of rotatable bonds is 37. The largest absolute Gasteiger partial charge is 0.508 e. The van der Waals surface area contributed by atoms with Crippen LogP contribution in [0.1, 0.15) is 73.9 Å². The molecule has 0 saturated carbocycles. The van der Waals surface area contributed by atoms with Gasteiger partial charge in [-0.1, -0.05) is 42.5 Å². The molecule has 1 fully saturated rings. The van der Waals surface area contributed by atoms with E-state index in [0.29, 0.717) is 33.2 Å². The van der Waals surface area contributed by atoms with E-state index in [1.54, 1.807) is 30.5 Å². The molecule has 572 valence electrons. The number of nitrogens with two attached hydrogens (primary N) is 2. The molecule has 33 nitrogen and oxygen atoms in total. The molecular weight excluding hydrogens is 1450 g/mol. The highest BCUT2D eigenvalue weighted by atomic mass is 32.2. The van der Waals surface area contributed by atoms with Gasteiger partial charge >= 0.3 is 5.97 Å². The van der Waals surface area contributed by atoms with Crippen LogP contribution in [0.4, 0.5) is 0 Å². The number of likely N-dealkylation sites (tertiary alicyclic amines) is 1. The molecule has 0 aromatic heterocycles. The van der Waals surface area contributed by atoms with Crippen LogP contribution in [0.15, 0.2) is 118 Å². The first-order valence-electron chi connectivity index (χ1n) is 33.6. The first kappa shape index (κ1) is 83.3. The van der Waals surface area contributed by atoms with Gasteiger partial charge in [-0.25, -0.2) is 4.79 Å². The molecule has 0 unspecified atom stereocenters. The lowest BCUT2D eigenvalue weighted by Crippen LogP contribution is -2.63. The summed E-state index contributed by atoms with van der Waals surface area (Å²) in [4.78, 5) is 193. The molecule has 2 aliphatic heterocycles. The molecule has 12 atom stereocenters. The van der Waals surface area contributed by atoms with Crippen molar-refractivity contribution in [3.8, 4) is 39.7 Å². The third kappa shape index (κ3) is 23.0. The molecule has 4 aromatic carbocycles. The fourth-order valence-corrected chi connectivity index (χ4v) is 12.7. The number of carbonyl (C=O) groups is 13. The van der Waals surface area contributed by atoms with Gasteiger partial charge in [-0.05, 0) is 123 Å². The van der Waals surface area contributed by atoms with Crippen LogP contribution in [-0.2, 0) is 70.4 Å². The van der Waals surface area contributed by atoms with Gasteiger partial charge in [0.05, 0.1) is 18.6 Å². The number of carbonyl (C=O) groups excluding carboxylic acids is 12. The molecule has 7 rings (SSSR count). The number of aliphatic hydroxyl groups is 2. The van der Waals surface area contributed by atoms with Gasteiger partial charge in [0.25, 0.3) is 5.91 Å². The fraction of sp³-hybridized carbons (Fsp3) is 0.380. The van der Waals surface area contributed by atoms with E-state index in [0.717, 1.165) is 13.8 Å². The fourth-order valence-electron chi connectivity index (χ4n) is 11.7. The van der Waals surface area contributed by atoms with E-state index in [1.165, 1.54) is 102 Å². The Bertz CT molecular complexity index is 4300. The van der Waals surface area contributed by atoms with Crippen molar-refractivity contribution in [2.75, 3.05) is 30.1 Å². The molecule has 19 N–H and O–H groups in total. The number of phenolic OH excluding ortho intramolecular Hbond substituents is 3. The van der Waals surface area contributed by atoms with E-state index >= 15 is 0 Å². The molecular formula is C71H84N12O21S3. The zero-order valence-electron chi connectivity index (χ0n) is 58.0. The Morgan fingerprint density at radius 2 is 1.07 bits per heavy atom. The summed E-state index contributed by atoms with van der Waals surface area (Å²) in [6, 6.07) is 9.04. The topological polar surface area (TPSA) is 537 Å². The van der Waals surface area contributed by atoms with Crippen molar-refractivity contribution >= 4 is 125 Å². The molecule has 0 spiro atoms. The minimum atomic E-state index is -2.02. The van der Waals surface area contributed by atoms with Gasteiger partial charge in [0.2, 0.25) is 65.0 Å². The summed E-state index contributed by atoms with van der Waals surface area (Å²) in [5.74, 6) is -14.8. The van der Waals surface area contributed by atoms with E-state index in [2.05, 4.69) is 73.1 Å². The van der Waals surface area contributed by atoms with Gasteiger partial charge in [-0.2, -0.15) is 37.0 Å². The summed E-state index contributed by atoms with van der Waals surface area (Å²) in [5.41, 5.74) is 12.7. The normalized spacial score (nSPS) is 15.7. The van der Waals surface area contributed by atoms with Gasteiger partial charge in [-0.3, -0.25) is 62.3 Å². The highest BCUT2D eigenvalue weighted by Gasteiger charge is 2.42.